The lowest BCUT2D eigenvalue weighted by Crippen LogP contribution is -2.23. The van der Waals surface area contributed by atoms with Crippen LogP contribution in [0.15, 0.2) is 24.3 Å². The molecule has 188 valence electrons. The standard InChI is InChI=1S/C30H55N.ClH/c1-4-7-8-9-10-11-12-13-14-15-16-17-18-19-20-21-22-23-26-29-27-24-25-28-30(29)31(5-2)6-3;/h24-25,27-28H,4-23,26H2,1-3H3;1H. The molecular formula is C30H56ClN. The minimum absolute atomic E-state index is 0. The van der Waals surface area contributed by atoms with E-state index in [1.54, 1.807) is 5.56 Å². The van der Waals surface area contributed by atoms with Gasteiger partial charge in [0.1, 0.15) is 0 Å². The highest BCUT2D eigenvalue weighted by atomic mass is 35.5. The molecule has 0 heterocycles. The molecule has 1 rings (SSSR count). The Hall–Kier alpha value is -0.690. The number of hydrogen-bond donors (Lipinski definition) is 0. The van der Waals surface area contributed by atoms with Crippen LogP contribution in [0.3, 0.4) is 0 Å². The summed E-state index contributed by atoms with van der Waals surface area (Å²) in [5.74, 6) is 0. The second-order valence-electron chi connectivity index (χ2n) is 9.56. The first-order valence-electron chi connectivity index (χ1n) is 14.2. The molecule has 1 aromatic rings. The van der Waals surface area contributed by atoms with Crippen LogP contribution in [0.1, 0.15) is 142 Å². The van der Waals surface area contributed by atoms with Gasteiger partial charge in [0.25, 0.3) is 0 Å². The fourth-order valence-electron chi connectivity index (χ4n) is 4.81. The molecule has 0 atom stereocenters. The summed E-state index contributed by atoms with van der Waals surface area (Å²) in [5.41, 5.74) is 3.00. The Morgan fingerprint density at radius 3 is 1.28 bits per heavy atom. The summed E-state index contributed by atoms with van der Waals surface area (Å²) < 4.78 is 0. The van der Waals surface area contributed by atoms with Gasteiger partial charge >= 0.3 is 0 Å². The minimum atomic E-state index is 0. The van der Waals surface area contributed by atoms with E-state index < -0.39 is 0 Å². The third-order valence-electron chi connectivity index (χ3n) is 6.90. The fourth-order valence-corrected chi connectivity index (χ4v) is 4.81. The van der Waals surface area contributed by atoms with Crippen molar-refractivity contribution in [2.45, 2.75) is 143 Å². The summed E-state index contributed by atoms with van der Waals surface area (Å²) >= 11 is 0. The zero-order chi connectivity index (χ0) is 22.4. The lowest BCUT2D eigenvalue weighted by atomic mass is 10.0. The molecular weight excluding hydrogens is 410 g/mol. The van der Waals surface area contributed by atoms with Crippen molar-refractivity contribution in [1.82, 2.24) is 0 Å². The van der Waals surface area contributed by atoms with Crippen molar-refractivity contribution in [2.75, 3.05) is 18.0 Å². The van der Waals surface area contributed by atoms with Crippen LogP contribution in [0.2, 0.25) is 0 Å². The third-order valence-corrected chi connectivity index (χ3v) is 6.90. The molecule has 2 heteroatoms. The van der Waals surface area contributed by atoms with Crippen LogP contribution in [0.5, 0.6) is 0 Å². The largest absolute Gasteiger partial charge is 0.372 e. The molecule has 1 nitrogen and oxygen atoms in total. The van der Waals surface area contributed by atoms with Crippen LogP contribution in [0.4, 0.5) is 5.69 Å². The van der Waals surface area contributed by atoms with Crippen molar-refractivity contribution in [1.29, 1.82) is 0 Å². The maximum atomic E-state index is 2.49. The van der Waals surface area contributed by atoms with Gasteiger partial charge in [0.2, 0.25) is 0 Å². The number of rotatable bonds is 22. The predicted octanol–water partition coefficient (Wildman–Crippen LogP) is 10.5. The van der Waals surface area contributed by atoms with Gasteiger partial charge in [-0.05, 0) is 38.3 Å². The summed E-state index contributed by atoms with van der Waals surface area (Å²) in [6, 6.07) is 9.03. The van der Waals surface area contributed by atoms with E-state index in [1.807, 2.05) is 0 Å². The van der Waals surface area contributed by atoms with Crippen LogP contribution < -0.4 is 4.90 Å². The predicted molar refractivity (Wildman–Crippen MR) is 150 cm³/mol. The van der Waals surface area contributed by atoms with Gasteiger partial charge in [0.05, 0.1) is 0 Å². The van der Waals surface area contributed by atoms with Crippen LogP contribution in [-0.2, 0) is 6.42 Å². The quantitative estimate of drug-likeness (QED) is 0.154. The summed E-state index contributed by atoms with van der Waals surface area (Å²) in [4.78, 5) is 2.49. The number of unbranched alkanes of at least 4 members (excludes halogenated alkanes) is 17. The number of benzene rings is 1. The van der Waals surface area contributed by atoms with Gasteiger partial charge in [0, 0.05) is 18.8 Å². The van der Waals surface area contributed by atoms with Gasteiger partial charge in [-0.2, -0.15) is 0 Å². The SMILES string of the molecule is CCCCCCCCCCCCCCCCCCCCc1ccccc1N(CC)CC.Cl. The highest BCUT2D eigenvalue weighted by Gasteiger charge is 2.07. The average molecular weight is 466 g/mol. The molecule has 0 aromatic heterocycles. The minimum Gasteiger partial charge on any atom is -0.372 e. The van der Waals surface area contributed by atoms with Crippen molar-refractivity contribution < 1.29 is 0 Å². The van der Waals surface area contributed by atoms with Crippen LogP contribution in [-0.4, -0.2) is 13.1 Å². The van der Waals surface area contributed by atoms with E-state index in [9.17, 15) is 0 Å². The molecule has 0 aliphatic rings. The molecule has 32 heavy (non-hydrogen) atoms. The van der Waals surface area contributed by atoms with Gasteiger partial charge in [0.15, 0.2) is 0 Å². The van der Waals surface area contributed by atoms with E-state index in [0.29, 0.717) is 0 Å². The fraction of sp³-hybridized carbons (Fsp3) is 0.800. The highest BCUT2D eigenvalue weighted by Crippen LogP contribution is 2.22. The van der Waals surface area contributed by atoms with Crippen molar-refractivity contribution in [3.8, 4) is 0 Å². The average Bonchev–Trinajstić information content (AvgIpc) is 2.80. The molecule has 0 unspecified atom stereocenters. The molecule has 0 saturated carbocycles. The molecule has 0 aliphatic carbocycles. The molecule has 0 bridgehead atoms. The van der Waals surface area contributed by atoms with Gasteiger partial charge in [-0.1, -0.05) is 134 Å². The molecule has 0 radical (unpaired) electrons. The van der Waals surface area contributed by atoms with Gasteiger partial charge < -0.3 is 4.90 Å². The molecule has 0 spiro atoms. The van der Waals surface area contributed by atoms with E-state index in [1.165, 1.54) is 128 Å². The van der Waals surface area contributed by atoms with Gasteiger partial charge in [-0.3, -0.25) is 0 Å². The number of para-hydroxylation sites is 1. The Balaban J connectivity index is 0.00000961. The zero-order valence-corrected chi connectivity index (χ0v) is 22.8. The number of aryl methyl sites for hydroxylation is 1. The third kappa shape index (κ3) is 16.0. The summed E-state index contributed by atoms with van der Waals surface area (Å²) in [7, 11) is 0. The van der Waals surface area contributed by atoms with Crippen LogP contribution in [0, 0.1) is 0 Å². The van der Waals surface area contributed by atoms with Gasteiger partial charge in [-0.15, -0.1) is 12.4 Å². The van der Waals surface area contributed by atoms with E-state index in [4.69, 9.17) is 0 Å². The van der Waals surface area contributed by atoms with Crippen LogP contribution >= 0.6 is 12.4 Å². The lowest BCUT2D eigenvalue weighted by molar-refractivity contribution is 0.525. The molecule has 0 amide bonds. The number of halogens is 1. The summed E-state index contributed by atoms with van der Waals surface area (Å²) in [6.07, 6.45) is 27.3. The first-order valence-corrected chi connectivity index (χ1v) is 14.2. The zero-order valence-electron chi connectivity index (χ0n) is 22.0. The first kappa shape index (κ1) is 31.3. The second-order valence-corrected chi connectivity index (χ2v) is 9.56. The topological polar surface area (TPSA) is 3.24 Å². The molecule has 1 aromatic carbocycles. The monoisotopic (exact) mass is 465 g/mol. The molecule has 0 aliphatic heterocycles. The molecule has 0 fully saturated rings. The molecule has 0 saturated heterocycles. The van der Waals surface area contributed by atoms with Gasteiger partial charge in [-0.25, -0.2) is 0 Å². The Bertz CT molecular complexity index is 497. The Labute approximate surface area is 208 Å². The number of anilines is 1. The van der Waals surface area contributed by atoms with Crippen molar-refractivity contribution in [3.63, 3.8) is 0 Å². The Kier molecular flexibility index (Phi) is 23.0. The van der Waals surface area contributed by atoms with E-state index in [2.05, 4.69) is 49.9 Å². The summed E-state index contributed by atoms with van der Waals surface area (Å²) in [5, 5.41) is 0. The van der Waals surface area contributed by atoms with E-state index in [0.717, 1.165) is 13.1 Å². The maximum Gasteiger partial charge on any atom is 0.0398 e. The Morgan fingerprint density at radius 2 is 0.875 bits per heavy atom. The summed E-state index contributed by atoms with van der Waals surface area (Å²) in [6.45, 7) is 9.03. The van der Waals surface area contributed by atoms with Crippen molar-refractivity contribution in [2.24, 2.45) is 0 Å². The van der Waals surface area contributed by atoms with E-state index in [-0.39, 0.29) is 12.4 Å². The smallest absolute Gasteiger partial charge is 0.0398 e. The second kappa shape index (κ2) is 23.5. The Morgan fingerprint density at radius 1 is 0.500 bits per heavy atom. The van der Waals surface area contributed by atoms with Crippen LogP contribution in [0.25, 0.3) is 0 Å². The maximum absolute atomic E-state index is 2.49. The highest BCUT2D eigenvalue weighted by molar-refractivity contribution is 5.85. The lowest BCUT2D eigenvalue weighted by Gasteiger charge is -2.24. The normalized spacial score (nSPS) is 10.8. The molecule has 0 N–H and O–H groups in total. The van der Waals surface area contributed by atoms with Crippen molar-refractivity contribution in [3.05, 3.63) is 29.8 Å². The van der Waals surface area contributed by atoms with Crippen molar-refractivity contribution >= 4 is 18.1 Å². The number of hydrogen-bond acceptors (Lipinski definition) is 1. The number of nitrogens with zero attached hydrogens (tertiary/aromatic N) is 1. The van der Waals surface area contributed by atoms with E-state index >= 15 is 0 Å². The first-order chi connectivity index (χ1) is 15.3.